The molecule has 24 heavy (non-hydrogen) atoms. The minimum Gasteiger partial charge on any atom is -0.497 e. The molecule has 0 bridgehead atoms. The minimum atomic E-state index is 0.151. The number of carbonyl (C=O) groups excluding carboxylic acids is 1. The molecule has 0 saturated carbocycles. The Kier molecular flexibility index (Phi) is 4.90. The molecule has 2 aromatic rings. The average molecular weight is 327 g/mol. The molecular weight excluding hydrogens is 302 g/mol. The maximum Gasteiger partial charge on any atom is 0.236 e. The zero-order chi connectivity index (χ0) is 17.1. The van der Waals surface area contributed by atoms with Gasteiger partial charge in [-0.1, -0.05) is 12.1 Å². The van der Waals surface area contributed by atoms with Gasteiger partial charge in [-0.2, -0.15) is 0 Å². The SMILES string of the molecule is COc1ccc(CN(C)C(=O)CN2CCn3cccc3C2C)cc1. The van der Waals surface area contributed by atoms with Crippen LogP contribution in [0.4, 0.5) is 0 Å². The van der Waals surface area contributed by atoms with Crippen LogP contribution in [0.3, 0.4) is 0 Å². The highest BCUT2D eigenvalue weighted by atomic mass is 16.5. The third-order valence-corrected chi connectivity index (χ3v) is 4.81. The summed E-state index contributed by atoms with van der Waals surface area (Å²) in [5.41, 5.74) is 2.39. The number of ether oxygens (including phenoxy) is 1. The van der Waals surface area contributed by atoms with Crippen molar-refractivity contribution in [3.63, 3.8) is 0 Å². The Morgan fingerprint density at radius 2 is 2.00 bits per heavy atom. The third kappa shape index (κ3) is 3.46. The standard InChI is InChI=1S/C19H25N3O2/c1-15-18-5-4-10-21(18)11-12-22(15)14-19(23)20(2)13-16-6-8-17(24-3)9-7-16/h4-10,15H,11-14H2,1-3H3. The number of likely N-dealkylation sites (N-methyl/N-ethyl adjacent to an activating group) is 1. The number of hydrogen-bond donors (Lipinski definition) is 0. The van der Waals surface area contributed by atoms with Gasteiger partial charge in [-0.3, -0.25) is 9.69 Å². The van der Waals surface area contributed by atoms with Crippen LogP contribution in [0.25, 0.3) is 0 Å². The molecule has 0 saturated heterocycles. The molecule has 1 amide bonds. The Balaban J connectivity index is 1.58. The number of amides is 1. The van der Waals surface area contributed by atoms with Crippen molar-refractivity contribution in [3.8, 4) is 5.75 Å². The number of methoxy groups -OCH3 is 1. The van der Waals surface area contributed by atoms with E-state index in [2.05, 4.69) is 34.7 Å². The van der Waals surface area contributed by atoms with Crippen molar-refractivity contribution in [1.29, 1.82) is 0 Å². The van der Waals surface area contributed by atoms with Crippen LogP contribution in [0, 0.1) is 0 Å². The van der Waals surface area contributed by atoms with Crippen LogP contribution < -0.4 is 4.74 Å². The van der Waals surface area contributed by atoms with Crippen LogP contribution in [-0.2, 0) is 17.9 Å². The van der Waals surface area contributed by atoms with Gasteiger partial charge in [0.05, 0.1) is 13.7 Å². The second kappa shape index (κ2) is 7.09. The number of hydrogen-bond acceptors (Lipinski definition) is 3. The van der Waals surface area contributed by atoms with Crippen LogP contribution in [0.2, 0.25) is 0 Å². The smallest absolute Gasteiger partial charge is 0.236 e. The molecule has 0 fully saturated rings. The van der Waals surface area contributed by atoms with Crippen molar-refractivity contribution in [2.75, 3.05) is 27.2 Å². The number of aromatic nitrogens is 1. The lowest BCUT2D eigenvalue weighted by atomic mass is 10.1. The molecule has 0 aliphatic carbocycles. The molecule has 0 N–H and O–H groups in total. The zero-order valence-electron chi connectivity index (χ0n) is 14.6. The van der Waals surface area contributed by atoms with Gasteiger partial charge in [0.1, 0.15) is 5.75 Å². The van der Waals surface area contributed by atoms with E-state index < -0.39 is 0 Å². The minimum absolute atomic E-state index is 0.151. The molecular formula is C19H25N3O2. The molecule has 5 nitrogen and oxygen atoms in total. The monoisotopic (exact) mass is 327 g/mol. The Labute approximate surface area is 143 Å². The molecule has 128 valence electrons. The third-order valence-electron chi connectivity index (χ3n) is 4.81. The molecule has 1 unspecified atom stereocenters. The summed E-state index contributed by atoms with van der Waals surface area (Å²) in [4.78, 5) is 16.6. The van der Waals surface area contributed by atoms with E-state index in [1.165, 1.54) is 5.69 Å². The Hall–Kier alpha value is -2.27. The van der Waals surface area contributed by atoms with Crippen molar-refractivity contribution in [2.45, 2.75) is 26.1 Å². The summed E-state index contributed by atoms with van der Waals surface area (Å²) in [7, 11) is 3.52. The van der Waals surface area contributed by atoms with E-state index in [4.69, 9.17) is 4.74 Å². The van der Waals surface area contributed by atoms with Gasteiger partial charge < -0.3 is 14.2 Å². The van der Waals surface area contributed by atoms with E-state index in [1.54, 1.807) is 12.0 Å². The van der Waals surface area contributed by atoms with Gasteiger partial charge >= 0.3 is 0 Å². The number of benzene rings is 1. The topological polar surface area (TPSA) is 37.7 Å². The second-order valence-electron chi connectivity index (χ2n) is 6.37. The molecule has 1 aromatic heterocycles. The number of carbonyl (C=O) groups is 1. The van der Waals surface area contributed by atoms with E-state index >= 15 is 0 Å². The molecule has 1 atom stereocenters. The lowest BCUT2D eigenvalue weighted by molar-refractivity contribution is -0.132. The predicted molar refractivity (Wildman–Crippen MR) is 93.9 cm³/mol. The zero-order valence-corrected chi connectivity index (χ0v) is 14.6. The van der Waals surface area contributed by atoms with Crippen LogP contribution in [0.5, 0.6) is 5.75 Å². The molecule has 5 heteroatoms. The first-order valence-corrected chi connectivity index (χ1v) is 8.34. The summed E-state index contributed by atoms with van der Waals surface area (Å²) in [5.74, 6) is 0.982. The van der Waals surface area contributed by atoms with Crippen molar-refractivity contribution >= 4 is 5.91 Å². The first-order valence-electron chi connectivity index (χ1n) is 8.34. The van der Waals surface area contributed by atoms with Crippen molar-refractivity contribution in [1.82, 2.24) is 14.4 Å². The average Bonchev–Trinajstić information content (AvgIpc) is 3.07. The van der Waals surface area contributed by atoms with Gasteiger partial charge in [0, 0.05) is 44.6 Å². The van der Waals surface area contributed by atoms with Gasteiger partial charge in [0.15, 0.2) is 0 Å². The Morgan fingerprint density at radius 3 is 2.71 bits per heavy atom. The summed E-state index contributed by atoms with van der Waals surface area (Å²) in [6, 6.07) is 12.3. The largest absolute Gasteiger partial charge is 0.497 e. The van der Waals surface area contributed by atoms with Gasteiger partial charge in [0.25, 0.3) is 0 Å². The summed E-state index contributed by atoms with van der Waals surface area (Å²) < 4.78 is 7.44. The summed E-state index contributed by atoms with van der Waals surface area (Å²) in [6.45, 7) is 5.09. The molecule has 0 radical (unpaired) electrons. The van der Waals surface area contributed by atoms with Crippen LogP contribution in [-0.4, -0.2) is 47.5 Å². The van der Waals surface area contributed by atoms with E-state index in [1.807, 2.05) is 31.3 Å². The number of rotatable bonds is 5. The normalized spacial score (nSPS) is 17.4. The molecule has 1 aliphatic rings. The van der Waals surface area contributed by atoms with Gasteiger partial charge in [-0.15, -0.1) is 0 Å². The lowest BCUT2D eigenvalue weighted by Gasteiger charge is -2.35. The molecule has 3 rings (SSSR count). The quantitative estimate of drug-likeness (QED) is 0.847. The fraction of sp³-hybridized carbons (Fsp3) is 0.421. The fourth-order valence-corrected chi connectivity index (χ4v) is 3.23. The van der Waals surface area contributed by atoms with Crippen LogP contribution in [0.15, 0.2) is 42.6 Å². The lowest BCUT2D eigenvalue weighted by Crippen LogP contribution is -2.43. The summed E-state index contributed by atoms with van der Waals surface area (Å²) >= 11 is 0. The van der Waals surface area contributed by atoms with Gasteiger partial charge in [-0.25, -0.2) is 0 Å². The first-order chi connectivity index (χ1) is 11.6. The van der Waals surface area contributed by atoms with Crippen molar-refractivity contribution in [3.05, 3.63) is 53.9 Å². The van der Waals surface area contributed by atoms with E-state index in [-0.39, 0.29) is 11.9 Å². The molecule has 1 aliphatic heterocycles. The van der Waals surface area contributed by atoms with E-state index in [0.29, 0.717) is 13.1 Å². The maximum absolute atomic E-state index is 12.6. The number of nitrogens with zero attached hydrogens (tertiary/aromatic N) is 3. The summed E-state index contributed by atoms with van der Waals surface area (Å²) in [6.07, 6.45) is 2.11. The van der Waals surface area contributed by atoms with E-state index in [9.17, 15) is 4.79 Å². The van der Waals surface area contributed by atoms with Crippen molar-refractivity contribution in [2.24, 2.45) is 0 Å². The maximum atomic E-state index is 12.6. The predicted octanol–water partition coefficient (Wildman–Crippen LogP) is 2.53. The van der Waals surface area contributed by atoms with Gasteiger partial charge in [0.2, 0.25) is 5.91 Å². The highest BCUT2D eigenvalue weighted by Crippen LogP contribution is 2.25. The number of fused-ring (bicyclic) bond motifs is 1. The first kappa shape index (κ1) is 16.6. The molecule has 0 spiro atoms. The Bertz CT molecular complexity index is 693. The Morgan fingerprint density at radius 1 is 1.25 bits per heavy atom. The van der Waals surface area contributed by atoms with Crippen molar-refractivity contribution < 1.29 is 9.53 Å². The second-order valence-corrected chi connectivity index (χ2v) is 6.37. The summed E-state index contributed by atoms with van der Waals surface area (Å²) in [5, 5.41) is 0. The highest BCUT2D eigenvalue weighted by Gasteiger charge is 2.25. The van der Waals surface area contributed by atoms with Crippen LogP contribution in [0.1, 0.15) is 24.2 Å². The van der Waals surface area contributed by atoms with Gasteiger partial charge in [-0.05, 0) is 36.8 Å². The fourth-order valence-electron chi connectivity index (χ4n) is 3.23. The highest BCUT2D eigenvalue weighted by molar-refractivity contribution is 5.78. The van der Waals surface area contributed by atoms with E-state index in [0.717, 1.165) is 24.4 Å². The molecule has 1 aromatic carbocycles. The molecule has 2 heterocycles. The van der Waals surface area contributed by atoms with Crippen LogP contribution >= 0.6 is 0 Å².